The van der Waals surface area contributed by atoms with Gasteiger partial charge >= 0.3 is 0 Å². The first-order valence-corrected chi connectivity index (χ1v) is 16.5. The molecule has 8 aromatic rings. The van der Waals surface area contributed by atoms with E-state index < -0.39 is 0 Å². The average Bonchev–Trinajstić information content (AvgIpc) is 3.58. The van der Waals surface area contributed by atoms with E-state index in [2.05, 4.69) is 109 Å². The van der Waals surface area contributed by atoms with Crippen molar-refractivity contribution in [1.82, 2.24) is 9.97 Å². The summed E-state index contributed by atoms with van der Waals surface area (Å²) in [5, 5.41) is 12.5. The van der Waals surface area contributed by atoms with Crippen LogP contribution in [0.3, 0.4) is 0 Å². The number of aromatic hydroxyl groups is 1. The average molecular weight is 623 g/mol. The molecular weight excluding hydrogens is 593 g/mol. The number of phenols is 1. The van der Waals surface area contributed by atoms with Crippen LogP contribution in [0, 0.1) is 0 Å². The Morgan fingerprint density at radius 1 is 0.511 bits per heavy atom. The molecule has 0 bridgehead atoms. The molecule has 0 amide bonds. The summed E-state index contributed by atoms with van der Waals surface area (Å²) in [4.78, 5) is 9.92. The summed E-state index contributed by atoms with van der Waals surface area (Å²) in [6.07, 6.45) is 2.50. The Kier molecular flexibility index (Phi) is 7.62. The Bertz CT molecular complexity index is 2330. The number of hydrogen-bond acceptors (Lipinski definition) is 4. The maximum atomic E-state index is 11.7. The molecule has 4 heteroatoms. The van der Waals surface area contributed by atoms with Crippen molar-refractivity contribution in [3.05, 3.63) is 175 Å². The largest absolute Gasteiger partial charge is 0.507 e. The van der Waals surface area contributed by atoms with Crippen LogP contribution in [0.2, 0.25) is 0 Å². The van der Waals surface area contributed by atoms with Gasteiger partial charge in [-0.25, -0.2) is 4.98 Å². The molecule has 0 aliphatic carbocycles. The quantitative estimate of drug-likeness (QED) is 0.192. The number of nitrogens with zero attached hydrogens (tertiary/aromatic N) is 2. The molecule has 0 aliphatic heterocycles. The highest BCUT2D eigenvalue weighted by Gasteiger charge is 2.18. The van der Waals surface area contributed by atoms with Gasteiger partial charge in [0.15, 0.2) is 0 Å². The van der Waals surface area contributed by atoms with E-state index in [0.717, 1.165) is 71.0 Å². The second kappa shape index (κ2) is 12.5. The van der Waals surface area contributed by atoms with Crippen LogP contribution >= 0.6 is 11.3 Å². The zero-order valence-corrected chi connectivity index (χ0v) is 26.4. The first-order valence-electron chi connectivity index (χ1n) is 15.7. The molecule has 6 aromatic carbocycles. The molecule has 47 heavy (non-hydrogen) atoms. The van der Waals surface area contributed by atoms with Crippen molar-refractivity contribution in [1.29, 1.82) is 0 Å². The summed E-state index contributed by atoms with van der Waals surface area (Å²) in [5.74, 6) is 0.278. The Balaban J connectivity index is 1.21. The van der Waals surface area contributed by atoms with Gasteiger partial charge in [0.1, 0.15) is 10.8 Å². The molecule has 2 heterocycles. The second-order valence-corrected chi connectivity index (χ2v) is 12.6. The smallest absolute Gasteiger partial charge is 0.129 e. The number of phenolic OH excluding ortho intramolecular Hbond substituents is 1. The van der Waals surface area contributed by atoms with Crippen molar-refractivity contribution in [2.75, 3.05) is 0 Å². The first-order chi connectivity index (χ1) is 23.2. The second-order valence-electron chi connectivity index (χ2n) is 11.6. The molecule has 8 rings (SSSR count). The van der Waals surface area contributed by atoms with Crippen LogP contribution in [0.25, 0.3) is 65.4 Å². The molecular formula is C43H30N2OS. The molecule has 0 saturated heterocycles. The normalized spacial score (nSPS) is 11.1. The maximum absolute atomic E-state index is 11.7. The molecule has 1 N–H and O–H groups in total. The Morgan fingerprint density at radius 3 is 1.94 bits per heavy atom. The summed E-state index contributed by atoms with van der Waals surface area (Å²) < 4.78 is 1.07. The van der Waals surface area contributed by atoms with Gasteiger partial charge in [0, 0.05) is 23.7 Å². The molecule has 224 valence electrons. The van der Waals surface area contributed by atoms with Crippen molar-refractivity contribution in [2.24, 2.45) is 0 Å². The molecule has 0 unspecified atom stereocenters. The Labute approximate surface area is 278 Å². The number of thiazole rings is 1. The van der Waals surface area contributed by atoms with Gasteiger partial charge in [-0.15, -0.1) is 11.3 Å². The molecule has 0 saturated carbocycles. The minimum absolute atomic E-state index is 0.278. The lowest BCUT2D eigenvalue weighted by Gasteiger charge is -2.13. The lowest BCUT2D eigenvalue weighted by atomic mass is 9.95. The Hall–Kier alpha value is -5.84. The van der Waals surface area contributed by atoms with Crippen molar-refractivity contribution in [3.8, 4) is 61.0 Å². The summed E-state index contributed by atoms with van der Waals surface area (Å²) >= 11 is 1.61. The zero-order chi connectivity index (χ0) is 31.6. The van der Waals surface area contributed by atoms with Gasteiger partial charge in [0.05, 0.1) is 21.5 Å². The number of benzene rings is 6. The number of hydrogen-bond donors (Lipinski definition) is 1. The van der Waals surface area contributed by atoms with E-state index in [9.17, 15) is 5.11 Å². The maximum Gasteiger partial charge on any atom is 0.129 e. The topological polar surface area (TPSA) is 46.0 Å². The highest BCUT2D eigenvalue weighted by molar-refractivity contribution is 7.21. The number of para-hydroxylation sites is 1. The van der Waals surface area contributed by atoms with Gasteiger partial charge < -0.3 is 5.11 Å². The van der Waals surface area contributed by atoms with E-state index in [1.807, 2.05) is 54.7 Å². The van der Waals surface area contributed by atoms with Crippen LogP contribution in [-0.2, 0) is 6.42 Å². The van der Waals surface area contributed by atoms with Gasteiger partial charge in [-0.3, -0.25) is 4.98 Å². The van der Waals surface area contributed by atoms with Crippen molar-refractivity contribution < 1.29 is 5.11 Å². The van der Waals surface area contributed by atoms with Crippen molar-refractivity contribution in [3.63, 3.8) is 0 Å². The molecule has 0 fully saturated rings. The van der Waals surface area contributed by atoms with E-state index in [1.165, 1.54) is 5.56 Å². The van der Waals surface area contributed by atoms with E-state index in [4.69, 9.17) is 9.97 Å². The third-order valence-corrected chi connectivity index (χ3v) is 9.57. The fourth-order valence-corrected chi connectivity index (χ4v) is 7.16. The first kappa shape index (κ1) is 28.6. The van der Waals surface area contributed by atoms with Gasteiger partial charge in [0.25, 0.3) is 0 Å². The fraction of sp³-hybridized carbons (Fsp3) is 0.0233. The van der Waals surface area contributed by atoms with Gasteiger partial charge in [-0.05, 0) is 75.3 Å². The van der Waals surface area contributed by atoms with Gasteiger partial charge in [0.2, 0.25) is 0 Å². The molecule has 3 nitrogen and oxygen atoms in total. The number of aromatic nitrogens is 2. The van der Waals surface area contributed by atoms with Crippen molar-refractivity contribution in [2.45, 2.75) is 6.42 Å². The standard InChI is InChI=1S/C43H30N2OS/c46-42-36(24-29-12-4-1-5-13-29)26-35(31-16-8-3-9-17-31)27-38(42)43-45-41-37(20-11-21-40(41)47-43)33-18-10-19-34(25-33)39-28-32(22-23-44-39)30-14-6-2-7-15-30/h1-23,25-28,46H,24H2. The molecule has 0 aliphatic rings. The summed E-state index contributed by atoms with van der Waals surface area (Å²) in [5.41, 5.74) is 12.3. The SMILES string of the molecule is Oc1c(Cc2ccccc2)cc(-c2ccccc2)cc1-c1nc2c(-c3cccc(-c4cc(-c5ccccc5)ccn4)c3)cccc2s1. The van der Waals surface area contributed by atoms with Crippen LogP contribution in [-0.4, -0.2) is 15.1 Å². The highest BCUT2D eigenvalue weighted by Crippen LogP contribution is 2.43. The number of fused-ring (bicyclic) bond motifs is 1. The predicted octanol–water partition coefficient (Wildman–Crippen LogP) is 11.3. The molecule has 0 radical (unpaired) electrons. The molecule has 0 atom stereocenters. The minimum Gasteiger partial charge on any atom is -0.507 e. The predicted molar refractivity (Wildman–Crippen MR) is 196 cm³/mol. The van der Waals surface area contributed by atoms with E-state index in [1.54, 1.807) is 11.3 Å². The summed E-state index contributed by atoms with van der Waals surface area (Å²) in [6, 6.07) is 54.2. The lowest BCUT2D eigenvalue weighted by Crippen LogP contribution is -1.93. The van der Waals surface area contributed by atoms with Gasteiger partial charge in [-0.1, -0.05) is 121 Å². The van der Waals surface area contributed by atoms with Crippen LogP contribution in [0.4, 0.5) is 0 Å². The number of rotatable bonds is 7. The Morgan fingerprint density at radius 2 is 1.17 bits per heavy atom. The van der Waals surface area contributed by atoms with Crippen LogP contribution in [0.1, 0.15) is 11.1 Å². The minimum atomic E-state index is 0.278. The zero-order valence-electron chi connectivity index (χ0n) is 25.5. The monoisotopic (exact) mass is 622 g/mol. The molecule has 2 aromatic heterocycles. The number of pyridine rings is 1. The molecule has 0 spiro atoms. The van der Waals surface area contributed by atoms with Crippen LogP contribution in [0.15, 0.2) is 164 Å². The summed E-state index contributed by atoms with van der Waals surface area (Å²) in [7, 11) is 0. The fourth-order valence-electron chi connectivity index (χ4n) is 6.15. The van der Waals surface area contributed by atoms with Crippen LogP contribution in [0.5, 0.6) is 5.75 Å². The van der Waals surface area contributed by atoms with E-state index in [0.29, 0.717) is 6.42 Å². The van der Waals surface area contributed by atoms with Gasteiger partial charge in [-0.2, -0.15) is 0 Å². The highest BCUT2D eigenvalue weighted by atomic mass is 32.1. The third kappa shape index (κ3) is 5.83. The van der Waals surface area contributed by atoms with Crippen LogP contribution < -0.4 is 0 Å². The van der Waals surface area contributed by atoms with Crippen molar-refractivity contribution >= 4 is 21.6 Å². The van der Waals surface area contributed by atoms with E-state index >= 15 is 0 Å². The third-order valence-electron chi connectivity index (χ3n) is 8.52. The van der Waals surface area contributed by atoms with E-state index in [-0.39, 0.29) is 5.75 Å². The lowest BCUT2D eigenvalue weighted by molar-refractivity contribution is 0.471. The summed E-state index contributed by atoms with van der Waals surface area (Å²) in [6.45, 7) is 0.